The predicted molar refractivity (Wildman–Crippen MR) is 95.9 cm³/mol. The van der Waals surface area contributed by atoms with Crippen molar-refractivity contribution in [2.45, 2.75) is 65.0 Å². The monoisotopic (exact) mass is 366 g/mol. The largest absolute Gasteiger partial charge is 0.444 e. The third-order valence-electron chi connectivity index (χ3n) is 3.98. The lowest BCUT2D eigenvalue weighted by atomic mass is 10.1. The van der Waals surface area contributed by atoms with Crippen LogP contribution in [0.3, 0.4) is 0 Å². The zero-order valence-corrected chi connectivity index (χ0v) is 16.0. The second-order valence-corrected chi connectivity index (χ2v) is 7.70. The minimum absolute atomic E-state index is 0.123. The summed E-state index contributed by atoms with van der Waals surface area (Å²) in [7, 11) is 0. The highest BCUT2D eigenvalue weighted by Gasteiger charge is 2.49. The van der Waals surface area contributed by atoms with Gasteiger partial charge in [0.25, 0.3) is 0 Å². The summed E-state index contributed by atoms with van der Waals surface area (Å²) in [6.07, 6.45) is 0.696. The molecule has 0 aliphatic carbocycles. The van der Waals surface area contributed by atoms with E-state index in [2.05, 4.69) is 10.3 Å². The van der Waals surface area contributed by atoms with Crippen molar-refractivity contribution in [3.05, 3.63) is 28.4 Å². The van der Waals surface area contributed by atoms with Gasteiger partial charge in [-0.25, -0.2) is 9.78 Å². The van der Waals surface area contributed by atoms with Crippen molar-refractivity contribution in [2.75, 3.05) is 11.9 Å². The van der Waals surface area contributed by atoms with Crippen molar-refractivity contribution in [1.29, 1.82) is 0 Å². The Hall–Kier alpha value is -2.42. The van der Waals surface area contributed by atoms with Crippen LogP contribution >= 0.6 is 0 Å². The molecule has 1 aromatic heterocycles. The number of pyridine rings is 1. The molecule has 1 fully saturated rings. The van der Waals surface area contributed by atoms with Crippen LogP contribution in [0.1, 0.15) is 41.5 Å². The lowest BCUT2D eigenvalue weighted by Gasteiger charge is -2.35. The molecule has 0 radical (unpaired) electrons. The third-order valence-corrected chi connectivity index (χ3v) is 3.98. The molecule has 2 atom stereocenters. The van der Waals surface area contributed by atoms with Gasteiger partial charge >= 0.3 is 11.8 Å². The topological polar surface area (TPSA) is 107 Å². The summed E-state index contributed by atoms with van der Waals surface area (Å²) >= 11 is 0. The van der Waals surface area contributed by atoms with Crippen LogP contribution in [0.5, 0.6) is 0 Å². The number of nitrogens with zero attached hydrogens (tertiary/aromatic N) is 3. The molecule has 1 amide bonds. The number of rotatable bonds is 4. The average molecular weight is 366 g/mol. The fourth-order valence-corrected chi connectivity index (χ4v) is 3.00. The molecule has 0 aromatic carbocycles. The van der Waals surface area contributed by atoms with Gasteiger partial charge in [-0.3, -0.25) is 15.0 Å². The SMILES string of the molecule is C[C@@H]1OC(C)(C)N(C(=O)OC(C)(C)C)[C@H]1CNc1ncccc1[N+](=O)[O-]. The molecular formula is C17H26N4O5. The Morgan fingerprint density at radius 2 is 2.15 bits per heavy atom. The lowest BCUT2D eigenvalue weighted by molar-refractivity contribution is -0.384. The summed E-state index contributed by atoms with van der Waals surface area (Å²) in [5.74, 6) is 0.151. The van der Waals surface area contributed by atoms with Gasteiger partial charge in [-0.2, -0.15) is 0 Å². The van der Waals surface area contributed by atoms with Crippen molar-refractivity contribution in [1.82, 2.24) is 9.88 Å². The number of nitrogens with one attached hydrogen (secondary N) is 1. The Labute approximate surface area is 152 Å². The molecule has 0 bridgehead atoms. The molecule has 144 valence electrons. The van der Waals surface area contributed by atoms with Crippen LogP contribution in [0.4, 0.5) is 16.3 Å². The molecule has 2 rings (SSSR count). The van der Waals surface area contributed by atoms with Crippen molar-refractivity contribution < 1.29 is 19.2 Å². The normalized spacial score (nSPS) is 22.2. The fraction of sp³-hybridized carbons (Fsp3) is 0.647. The van der Waals surface area contributed by atoms with Gasteiger partial charge < -0.3 is 14.8 Å². The van der Waals surface area contributed by atoms with E-state index in [1.165, 1.54) is 23.2 Å². The summed E-state index contributed by atoms with van der Waals surface area (Å²) in [5, 5.41) is 14.1. The van der Waals surface area contributed by atoms with Crippen molar-refractivity contribution in [3.63, 3.8) is 0 Å². The molecule has 0 saturated carbocycles. The van der Waals surface area contributed by atoms with Crippen LogP contribution < -0.4 is 5.32 Å². The fourth-order valence-electron chi connectivity index (χ4n) is 3.00. The van der Waals surface area contributed by atoms with Crippen LogP contribution in [0, 0.1) is 10.1 Å². The van der Waals surface area contributed by atoms with E-state index in [0.717, 1.165) is 0 Å². The maximum Gasteiger partial charge on any atom is 0.412 e. The highest BCUT2D eigenvalue weighted by atomic mass is 16.6. The van der Waals surface area contributed by atoms with Gasteiger partial charge in [-0.05, 0) is 47.6 Å². The number of aromatic nitrogens is 1. The number of carbonyl (C=O) groups is 1. The van der Waals surface area contributed by atoms with E-state index in [-0.39, 0.29) is 30.2 Å². The minimum Gasteiger partial charge on any atom is -0.444 e. The van der Waals surface area contributed by atoms with Gasteiger partial charge in [0.05, 0.1) is 17.1 Å². The Kier molecular flexibility index (Phi) is 5.41. The van der Waals surface area contributed by atoms with Gasteiger partial charge in [0.1, 0.15) is 11.3 Å². The van der Waals surface area contributed by atoms with E-state index >= 15 is 0 Å². The summed E-state index contributed by atoms with van der Waals surface area (Å²) in [6, 6.07) is 2.50. The molecule has 1 N–H and O–H groups in total. The van der Waals surface area contributed by atoms with Gasteiger partial charge in [0.15, 0.2) is 0 Å². The van der Waals surface area contributed by atoms with Gasteiger partial charge in [0, 0.05) is 18.8 Å². The molecule has 1 aliphatic rings. The van der Waals surface area contributed by atoms with Crippen molar-refractivity contribution >= 4 is 17.6 Å². The molecule has 2 heterocycles. The molecule has 0 spiro atoms. The minimum atomic E-state index is -0.857. The van der Waals surface area contributed by atoms with E-state index in [0.29, 0.717) is 0 Å². The summed E-state index contributed by atoms with van der Waals surface area (Å²) in [4.78, 5) is 28.9. The van der Waals surface area contributed by atoms with Gasteiger partial charge in [-0.15, -0.1) is 0 Å². The molecule has 1 saturated heterocycles. The smallest absolute Gasteiger partial charge is 0.412 e. The number of carbonyl (C=O) groups excluding carboxylic acids is 1. The zero-order chi connectivity index (χ0) is 19.7. The Bertz CT molecular complexity index is 686. The van der Waals surface area contributed by atoms with Crippen LogP contribution in [-0.4, -0.2) is 50.9 Å². The molecule has 26 heavy (non-hydrogen) atoms. The number of amides is 1. The van der Waals surface area contributed by atoms with E-state index in [4.69, 9.17) is 9.47 Å². The number of hydrogen-bond acceptors (Lipinski definition) is 7. The van der Waals surface area contributed by atoms with Gasteiger partial charge in [-0.1, -0.05) is 0 Å². The molecule has 1 aliphatic heterocycles. The molecular weight excluding hydrogens is 340 g/mol. The lowest BCUT2D eigenvalue weighted by Crippen LogP contribution is -2.52. The summed E-state index contributed by atoms with van der Waals surface area (Å²) in [6.45, 7) is 11.1. The number of nitro groups is 1. The highest BCUT2D eigenvalue weighted by molar-refractivity contribution is 5.70. The van der Waals surface area contributed by atoms with Crippen LogP contribution in [0.15, 0.2) is 18.3 Å². The second-order valence-electron chi connectivity index (χ2n) is 7.70. The van der Waals surface area contributed by atoms with Crippen molar-refractivity contribution in [2.24, 2.45) is 0 Å². The van der Waals surface area contributed by atoms with Crippen LogP contribution in [-0.2, 0) is 9.47 Å². The first kappa shape index (κ1) is 19.9. The van der Waals surface area contributed by atoms with E-state index in [1.807, 2.05) is 6.92 Å². The predicted octanol–water partition coefficient (Wildman–Crippen LogP) is 3.16. The summed E-state index contributed by atoms with van der Waals surface area (Å²) in [5.41, 5.74) is -1.62. The summed E-state index contributed by atoms with van der Waals surface area (Å²) < 4.78 is 11.4. The zero-order valence-electron chi connectivity index (χ0n) is 16.0. The number of anilines is 1. The number of ether oxygens (including phenoxy) is 2. The van der Waals surface area contributed by atoms with Crippen LogP contribution in [0.2, 0.25) is 0 Å². The molecule has 9 nitrogen and oxygen atoms in total. The van der Waals surface area contributed by atoms with E-state index in [1.54, 1.807) is 34.6 Å². The van der Waals surface area contributed by atoms with Crippen LogP contribution in [0.25, 0.3) is 0 Å². The van der Waals surface area contributed by atoms with E-state index in [9.17, 15) is 14.9 Å². The maximum absolute atomic E-state index is 12.7. The highest BCUT2D eigenvalue weighted by Crippen LogP contribution is 2.34. The quantitative estimate of drug-likeness (QED) is 0.644. The molecule has 0 unspecified atom stereocenters. The Morgan fingerprint density at radius 3 is 2.73 bits per heavy atom. The maximum atomic E-state index is 12.7. The Morgan fingerprint density at radius 1 is 1.50 bits per heavy atom. The number of hydrogen-bond donors (Lipinski definition) is 1. The second kappa shape index (κ2) is 7.06. The standard InChI is InChI=1S/C17H26N4O5/c1-11-13(10-19-14-12(21(23)24)8-7-9-18-14)20(17(5,6)25-11)15(22)26-16(2,3)4/h7-9,11,13H,10H2,1-6H3,(H,18,19)/t11-,13-/m0/s1. The third kappa shape index (κ3) is 4.40. The molecule has 1 aromatic rings. The first-order valence-corrected chi connectivity index (χ1v) is 8.46. The van der Waals surface area contributed by atoms with E-state index < -0.39 is 22.3 Å². The first-order valence-electron chi connectivity index (χ1n) is 8.46. The average Bonchev–Trinajstić information content (AvgIpc) is 2.71. The molecule has 9 heteroatoms. The Balaban J connectivity index is 2.20. The first-order chi connectivity index (χ1) is 11.9. The van der Waals surface area contributed by atoms with Crippen molar-refractivity contribution in [3.8, 4) is 0 Å². The van der Waals surface area contributed by atoms with Gasteiger partial charge in [0.2, 0.25) is 5.82 Å².